The monoisotopic (exact) mass is 937 g/mol. The molecule has 0 saturated heterocycles. The summed E-state index contributed by atoms with van der Waals surface area (Å²) >= 11 is 0. The van der Waals surface area contributed by atoms with Crippen molar-refractivity contribution in [3.63, 3.8) is 0 Å². The van der Waals surface area contributed by atoms with E-state index in [1.165, 1.54) is 36.8 Å². The molecule has 0 unspecified atom stereocenters. The van der Waals surface area contributed by atoms with Crippen LogP contribution in [0.1, 0.15) is 49.4 Å². The lowest BCUT2D eigenvalue weighted by Gasteiger charge is -2.28. The number of phenolic OH excluding ortho intramolecular Hbond substituents is 1. The number of carbonyl (C=O) groups excluding carboxylic acids is 7. The largest absolute Gasteiger partial charge is 0.508 e. The Kier molecular flexibility index (Phi) is 21.6. The molecule has 3 rings (SSSR count). The minimum atomic E-state index is -1.78. The third-order valence-corrected chi connectivity index (χ3v) is 10.0. The highest BCUT2D eigenvalue weighted by Crippen LogP contribution is 2.14. The highest BCUT2D eigenvalue weighted by molar-refractivity contribution is 5.97. The van der Waals surface area contributed by atoms with Gasteiger partial charge >= 0.3 is 5.97 Å². The van der Waals surface area contributed by atoms with Gasteiger partial charge in [-0.3, -0.25) is 38.6 Å². The molecular weight excluding hydrogens is 879 g/mol. The van der Waals surface area contributed by atoms with Gasteiger partial charge in [0.1, 0.15) is 48.0 Å². The molecule has 0 fully saturated rings. The van der Waals surface area contributed by atoms with Crippen LogP contribution in [-0.4, -0.2) is 145 Å². The van der Waals surface area contributed by atoms with E-state index in [-0.39, 0.29) is 50.4 Å². The van der Waals surface area contributed by atoms with Crippen molar-refractivity contribution in [2.75, 3.05) is 13.2 Å². The first-order chi connectivity index (χ1) is 31.8. The SMILES string of the molecule is C[C@@H](O)[C@H](NC(=O)[C@H](CCC(N)=O)NC(=O)[C@H](Cc1ccc(O)cc1)NC(=O)[C@H](Cc1ccccc1)NC(=O)[C@H](Cc1cnc[nH]1)NC(=O)[C@@H](N)CO)C(=O)N[C@@H](CCCN=C(N)N)C(=O)O. The molecule has 0 aliphatic rings. The molecule has 0 aliphatic heterocycles. The molecule has 1 heterocycles. The molecule has 0 saturated carbocycles. The molecular formula is C42H59N13O12. The van der Waals surface area contributed by atoms with Crippen LogP contribution in [0.3, 0.4) is 0 Å². The molecule has 67 heavy (non-hydrogen) atoms. The summed E-state index contributed by atoms with van der Waals surface area (Å²) in [6, 6.07) is 3.38. The second kappa shape index (κ2) is 27.0. The normalized spacial score (nSPS) is 14.5. The summed E-state index contributed by atoms with van der Waals surface area (Å²) in [5.41, 5.74) is 23.1. The molecule has 2 aromatic carbocycles. The van der Waals surface area contributed by atoms with Crippen LogP contribution in [0.4, 0.5) is 0 Å². The first-order valence-corrected chi connectivity index (χ1v) is 21.0. The topological polar surface area (TPSA) is 435 Å². The standard InChI is InChI=1S/C42H59N13O12/c1-22(57)34(40(65)51-29(41(66)67)8-5-15-48-42(45)46)55-36(61)28(13-14-33(44)59)50-37(62)31(17-24-9-11-26(58)12-10-24)53-38(63)30(16-23-6-3-2-4-7-23)54-39(64)32(18-25-19-47-21-49-25)52-35(60)27(43)20-56/h2-4,6-7,9-12,19,21-22,27-32,34,56-58H,5,8,13-18,20,43H2,1H3,(H2,44,59)(H,47,49)(H,50,62)(H,51,65)(H,52,60)(H,53,63)(H,54,64)(H,55,61)(H,66,67)(H4,45,46,48)/t22-,27+,28+,29+,30+,31+,32+,34+/m1/s1. The molecule has 8 atom stereocenters. The molecule has 25 heteroatoms. The van der Waals surface area contributed by atoms with Gasteiger partial charge in [0.25, 0.3) is 0 Å². The number of aromatic hydroxyl groups is 1. The summed E-state index contributed by atoms with van der Waals surface area (Å²) < 4.78 is 0. The maximum Gasteiger partial charge on any atom is 0.326 e. The second-order valence-corrected chi connectivity index (χ2v) is 15.5. The van der Waals surface area contributed by atoms with Crippen molar-refractivity contribution in [3.8, 4) is 5.75 Å². The lowest BCUT2D eigenvalue weighted by atomic mass is 10.0. The van der Waals surface area contributed by atoms with Crippen LogP contribution in [0.2, 0.25) is 0 Å². The number of aliphatic imine (C=N–C) groups is 1. The van der Waals surface area contributed by atoms with E-state index in [9.17, 15) is 58.8 Å². The number of primary amides is 1. The number of phenols is 1. The quantitative estimate of drug-likeness (QED) is 0.0184. The van der Waals surface area contributed by atoms with Gasteiger partial charge in [-0.1, -0.05) is 42.5 Å². The van der Waals surface area contributed by atoms with E-state index in [1.54, 1.807) is 30.3 Å². The highest BCUT2D eigenvalue weighted by atomic mass is 16.4. The molecule has 19 N–H and O–H groups in total. The third kappa shape index (κ3) is 18.8. The maximum absolute atomic E-state index is 14.4. The van der Waals surface area contributed by atoms with Crippen LogP contribution < -0.4 is 54.8 Å². The number of nitrogens with two attached hydrogens (primary N) is 4. The van der Waals surface area contributed by atoms with E-state index in [0.29, 0.717) is 16.8 Å². The third-order valence-electron chi connectivity index (χ3n) is 10.0. The average molecular weight is 938 g/mol. The molecule has 0 bridgehead atoms. The zero-order valence-electron chi connectivity index (χ0n) is 36.6. The number of imidazole rings is 1. The van der Waals surface area contributed by atoms with E-state index < -0.39 is 115 Å². The van der Waals surface area contributed by atoms with Gasteiger partial charge in [0.15, 0.2) is 5.96 Å². The average Bonchev–Trinajstić information content (AvgIpc) is 3.80. The first-order valence-electron chi connectivity index (χ1n) is 21.0. The summed E-state index contributed by atoms with van der Waals surface area (Å²) in [6.45, 7) is 0.457. The summed E-state index contributed by atoms with van der Waals surface area (Å²) in [5, 5.41) is 54.4. The molecule has 1 aromatic heterocycles. The van der Waals surface area contributed by atoms with Crippen molar-refractivity contribution < 1.29 is 58.8 Å². The van der Waals surface area contributed by atoms with Crippen molar-refractivity contribution in [1.82, 2.24) is 41.9 Å². The van der Waals surface area contributed by atoms with Gasteiger partial charge in [0.05, 0.1) is 19.0 Å². The number of aliphatic hydroxyl groups is 2. The number of aromatic amines is 1. The number of nitrogens with one attached hydrogen (secondary N) is 7. The van der Waals surface area contributed by atoms with E-state index in [0.717, 1.165) is 6.92 Å². The lowest BCUT2D eigenvalue weighted by molar-refractivity contribution is -0.143. The predicted octanol–water partition coefficient (Wildman–Crippen LogP) is -4.84. The Hall–Kier alpha value is -7.64. The Morgan fingerprint density at radius 1 is 0.687 bits per heavy atom. The van der Waals surface area contributed by atoms with Crippen molar-refractivity contribution in [2.45, 2.75) is 100 Å². The number of carboxylic acids is 1. The Morgan fingerprint density at radius 3 is 1.72 bits per heavy atom. The Balaban J connectivity index is 1.95. The number of guanidine groups is 1. The van der Waals surface area contributed by atoms with E-state index in [1.807, 2.05) is 0 Å². The van der Waals surface area contributed by atoms with Crippen LogP contribution in [0.5, 0.6) is 5.75 Å². The van der Waals surface area contributed by atoms with E-state index >= 15 is 0 Å². The number of rotatable bonds is 28. The van der Waals surface area contributed by atoms with Crippen LogP contribution in [0, 0.1) is 0 Å². The first kappa shape index (κ1) is 53.7. The van der Waals surface area contributed by atoms with Crippen molar-refractivity contribution in [1.29, 1.82) is 0 Å². The summed E-state index contributed by atoms with van der Waals surface area (Å²) in [4.78, 5) is 117. The predicted molar refractivity (Wildman–Crippen MR) is 239 cm³/mol. The second-order valence-electron chi connectivity index (χ2n) is 15.5. The fraction of sp³-hybridized carbons (Fsp3) is 0.429. The molecule has 25 nitrogen and oxygen atoms in total. The van der Waals surface area contributed by atoms with Gasteiger partial charge in [0.2, 0.25) is 41.4 Å². The van der Waals surface area contributed by atoms with Gasteiger partial charge in [0, 0.05) is 44.1 Å². The smallest absolute Gasteiger partial charge is 0.326 e. The number of aromatic nitrogens is 2. The number of hydrogen-bond acceptors (Lipinski definition) is 14. The molecule has 364 valence electrons. The van der Waals surface area contributed by atoms with Gasteiger partial charge in [-0.2, -0.15) is 0 Å². The van der Waals surface area contributed by atoms with Gasteiger partial charge in [-0.15, -0.1) is 0 Å². The molecule has 0 aliphatic carbocycles. The van der Waals surface area contributed by atoms with Crippen LogP contribution in [-0.2, 0) is 57.6 Å². The zero-order chi connectivity index (χ0) is 49.6. The molecule has 0 radical (unpaired) electrons. The fourth-order valence-electron chi connectivity index (χ4n) is 6.38. The number of nitrogens with zero attached hydrogens (tertiary/aromatic N) is 2. The summed E-state index contributed by atoms with van der Waals surface area (Å²) in [5.74, 6) is -8.51. The minimum absolute atomic E-state index is 0.0464. The fourth-order valence-corrected chi connectivity index (χ4v) is 6.38. The molecule has 3 aromatic rings. The van der Waals surface area contributed by atoms with Gasteiger partial charge in [-0.25, -0.2) is 9.78 Å². The number of benzene rings is 2. The van der Waals surface area contributed by atoms with Gasteiger partial charge in [-0.05, 0) is 49.4 Å². The zero-order valence-corrected chi connectivity index (χ0v) is 36.6. The summed E-state index contributed by atoms with van der Waals surface area (Å²) in [7, 11) is 0. The number of carboxylic acid groups (broad SMARTS) is 1. The minimum Gasteiger partial charge on any atom is -0.508 e. The van der Waals surface area contributed by atoms with Crippen LogP contribution >= 0.6 is 0 Å². The Bertz CT molecular complexity index is 2150. The maximum atomic E-state index is 14.4. The van der Waals surface area contributed by atoms with Crippen molar-refractivity contribution in [3.05, 3.63) is 83.9 Å². The van der Waals surface area contributed by atoms with Gasteiger partial charge < -0.3 is 80.2 Å². The van der Waals surface area contributed by atoms with E-state index in [2.05, 4.69) is 46.9 Å². The van der Waals surface area contributed by atoms with Crippen molar-refractivity contribution >= 4 is 53.3 Å². The number of hydrogen-bond donors (Lipinski definition) is 15. The number of aliphatic hydroxyl groups excluding tert-OH is 2. The van der Waals surface area contributed by atoms with Crippen LogP contribution in [0.25, 0.3) is 0 Å². The van der Waals surface area contributed by atoms with Crippen molar-refractivity contribution in [2.24, 2.45) is 27.9 Å². The molecule has 7 amide bonds. The van der Waals surface area contributed by atoms with Crippen LogP contribution in [0.15, 0.2) is 72.1 Å². The number of H-pyrrole nitrogens is 1. The molecule has 0 spiro atoms. The lowest BCUT2D eigenvalue weighted by Crippen LogP contribution is -2.61. The highest BCUT2D eigenvalue weighted by Gasteiger charge is 2.35. The Morgan fingerprint density at radius 2 is 1.21 bits per heavy atom. The van der Waals surface area contributed by atoms with E-state index in [4.69, 9.17) is 22.9 Å². The summed E-state index contributed by atoms with van der Waals surface area (Å²) in [6.07, 6.45) is -0.346. The Labute approximate surface area is 384 Å². The number of carbonyl (C=O) groups is 8. The number of aliphatic carboxylic acids is 1. The number of amides is 7.